The molecule has 0 aliphatic heterocycles. The molecule has 0 saturated carbocycles. The van der Waals surface area contributed by atoms with Gasteiger partial charge < -0.3 is 0 Å². The molecule has 0 aromatic rings. The van der Waals surface area contributed by atoms with Crippen LogP contribution in [0.5, 0.6) is 0 Å². The predicted molar refractivity (Wildman–Crippen MR) is 44.8 cm³/mol. The molecular formula is C4H10B4O. The van der Waals surface area contributed by atoms with Gasteiger partial charge in [0.05, 0.1) is 0 Å². The maximum absolute atomic E-state index is 10.3. The summed E-state index contributed by atoms with van der Waals surface area (Å²) in [6, 6.07) is 0. The van der Waals surface area contributed by atoms with Gasteiger partial charge in [-0.3, -0.25) is 0 Å². The van der Waals surface area contributed by atoms with Crippen molar-refractivity contribution in [2.24, 2.45) is 0 Å². The van der Waals surface area contributed by atoms with Crippen LogP contribution in [0, 0.1) is 0 Å². The van der Waals surface area contributed by atoms with E-state index in [1.54, 1.807) is 6.69 Å². The molecule has 0 rings (SSSR count). The van der Waals surface area contributed by atoms with Crippen LogP contribution in [0.2, 0.25) is 5.82 Å². The van der Waals surface area contributed by atoms with Crippen LogP contribution in [0.1, 0.15) is 20.3 Å². The summed E-state index contributed by atoms with van der Waals surface area (Å²) in [5.41, 5.74) is 0. The van der Waals surface area contributed by atoms with Crippen LogP contribution >= 0.6 is 0 Å². The van der Waals surface area contributed by atoms with Gasteiger partial charge in [0, 0.05) is 0 Å². The summed E-state index contributed by atoms with van der Waals surface area (Å²) in [7, 11) is 4.53. The quantitative estimate of drug-likeness (QED) is 0.468. The summed E-state index contributed by atoms with van der Waals surface area (Å²) in [6.45, 7) is 5.89. The van der Waals surface area contributed by atoms with Gasteiger partial charge in [0.1, 0.15) is 0 Å². The van der Waals surface area contributed by atoms with Crippen molar-refractivity contribution in [3.8, 4) is 0 Å². The Hall–Kier alpha value is 0.0597. The Bertz CT molecular complexity index is 96.7. The van der Waals surface area contributed by atoms with E-state index < -0.39 is 0 Å². The topological polar surface area (TPSA) is 17.1 Å². The van der Waals surface area contributed by atoms with Crippen LogP contribution < -0.4 is 0 Å². The Morgan fingerprint density at radius 1 is 1.78 bits per heavy atom. The van der Waals surface area contributed by atoms with Crippen LogP contribution in [0.3, 0.4) is 0 Å². The van der Waals surface area contributed by atoms with Crippen molar-refractivity contribution in [3.05, 3.63) is 0 Å². The fourth-order valence-corrected chi connectivity index (χ4v) is 0.694. The molecule has 0 N–H and O–H groups in total. The van der Waals surface area contributed by atoms with Gasteiger partial charge in [0.2, 0.25) is 0 Å². The minimum atomic E-state index is 0.0509. The first kappa shape index (κ1) is 9.06. The van der Waals surface area contributed by atoms with Gasteiger partial charge in [0.25, 0.3) is 0 Å². The normalized spacial score (nSPS) is 11.2. The van der Waals surface area contributed by atoms with Crippen molar-refractivity contribution >= 4 is 27.6 Å². The molecule has 0 saturated heterocycles. The SMILES string of the molecule is B=BB(B=O)C(C)CC. The minimum absolute atomic E-state index is 0.0509. The van der Waals surface area contributed by atoms with E-state index in [0.29, 0.717) is 5.82 Å². The van der Waals surface area contributed by atoms with E-state index in [1.807, 2.05) is 0 Å². The molecule has 0 radical (unpaired) electrons. The van der Waals surface area contributed by atoms with Crippen LogP contribution in [0.25, 0.3) is 0 Å². The third-order valence-corrected chi connectivity index (χ3v) is 1.73. The Balaban J connectivity index is 3.77. The van der Waals surface area contributed by atoms with E-state index in [-0.39, 0.29) is 6.49 Å². The summed E-state index contributed by atoms with van der Waals surface area (Å²) in [5.74, 6) is 0.444. The first-order valence-corrected chi connectivity index (χ1v) is 3.34. The summed E-state index contributed by atoms with van der Waals surface area (Å²) in [4.78, 5) is 0. The first-order valence-electron chi connectivity index (χ1n) is 3.34. The molecule has 5 heteroatoms. The fraction of sp³-hybridized carbons (Fsp3) is 1.00. The van der Waals surface area contributed by atoms with Crippen LogP contribution in [0.4, 0.5) is 0 Å². The van der Waals surface area contributed by atoms with Crippen molar-refractivity contribution in [2.75, 3.05) is 0 Å². The molecule has 0 fully saturated rings. The van der Waals surface area contributed by atoms with E-state index >= 15 is 0 Å². The molecule has 1 unspecified atom stereocenters. The Morgan fingerprint density at radius 3 is 2.44 bits per heavy atom. The Labute approximate surface area is 59.2 Å². The molecule has 0 aromatic heterocycles. The van der Waals surface area contributed by atoms with E-state index in [2.05, 4.69) is 21.2 Å². The third kappa shape index (κ3) is 2.92. The van der Waals surface area contributed by atoms with Crippen LogP contribution in [0.15, 0.2) is 0 Å². The summed E-state index contributed by atoms with van der Waals surface area (Å²) in [6.07, 6.45) is 1.04. The van der Waals surface area contributed by atoms with Gasteiger partial charge in [-0.15, -0.1) is 0 Å². The second-order valence-electron chi connectivity index (χ2n) is 2.33. The summed E-state index contributed by atoms with van der Waals surface area (Å²) in [5, 5.41) is 0. The fourth-order valence-electron chi connectivity index (χ4n) is 0.694. The Kier molecular flexibility index (Phi) is 4.93. The average molecular weight is 117 g/mol. The Morgan fingerprint density at radius 2 is 2.33 bits per heavy atom. The van der Waals surface area contributed by atoms with E-state index in [1.165, 1.54) is 0 Å². The molecule has 0 bridgehead atoms. The first-order chi connectivity index (χ1) is 4.26. The molecule has 1 nitrogen and oxygen atoms in total. The molecular weight excluding hydrogens is 107 g/mol. The maximum atomic E-state index is 10.3. The average Bonchev–Trinajstić information content (AvgIpc) is 1.90. The molecule has 0 heterocycles. The van der Waals surface area contributed by atoms with Crippen molar-refractivity contribution in [3.63, 3.8) is 0 Å². The zero-order chi connectivity index (χ0) is 7.28. The molecule has 0 spiro atoms. The van der Waals surface area contributed by atoms with Gasteiger partial charge in [-0.2, -0.15) is 0 Å². The van der Waals surface area contributed by atoms with Crippen molar-refractivity contribution in [1.29, 1.82) is 0 Å². The van der Waals surface area contributed by atoms with Crippen molar-refractivity contribution < 1.29 is 4.70 Å². The van der Waals surface area contributed by atoms with Crippen LogP contribution in [-0.2, 0) is 4.70 Å². The van der Waals surface area contributed by atoms with E-state index in [4.69, 9.17) is 0 Å². The molecule has 1 atom stereocenters. The standard InChI is InChI=1S/C4H10B4O/c1-3-4(2)8(6-5)7-9/h4-5H,3H2,1-2H3. The molecule has 9 heavy (non-hydrogen) atoms. The second kappa shape index (κ2) is 4.89. The van der Waals surface area contributed by atoms with E-state index in [0.717, 1.165) is 13.5 Å². The monoisotopic (exact) mass is 118 g/mol. The predicted octanol–water partition coefficient (Wildman–Crippen LogP) is -0.156. The van der Waals surface area contributed by atoms with Gasteiger partial charge in [-0.1, -0.05) is 0 Å². The zero-order valence-electron chi connectivity index (χ0n) is 6.13. The molecule has 0 aromatic carbocycles. The van der Waals surface area contributed by atoms with Gasteiger partial charge in [0.15, 0.2) is 0 Å². The summed E-state index contributed by atoms with van der Waals surface area (Å²) >= 11 is 0. The number of hydrogen-bond acceptors (Lipinski definition) is 1. The third-order valence-electron chi connectivity index (χ3n) is 1.73. The molecule has 0 aliphatic rings. The van der Waals surface area contributed by atoms with Gasteiger partial charge >= 0.3 is 58.4 Å². The molecule has 0 aliphatic carbocycles. The van der Waals surface area contributed by atoms with Crippen molar-refractivity contribution in [2.45, 2.75) is 26.1 Å². The van der Waals surface area contributed by atoms with Crippen LogP contribution in [-0.4, -0.2) is 27.6 Å². The van der Waals surface area contributed by atoms with E-state index in [9.17, 15) is 4.70 Å². The van der Waals surface area contributed by atoms with Crippen molar-refractivity contribution in [1.82, 2.24) is 0 Å². The molecule has 44 valence electrons. The second-order valence-corrected chi connectivity index (χ2v) is 2.33. The number of hydrogen-bond donors (Lipinski definition) is 0. The van der Waals surface area contributed by atoms with Gasteiger partial charge in [-0.25, -0.2) is 0 Å². The zero-order valence-corrected chi connectivity index (χ0v) is 6.13. The van der Waals surface area contributed by atoms with Gasteiger partial charge in [-0.05, 0) is 0 Å². The summed E-state index contributed by atoms with van der Waals surface area (Å²) < 4.78 is 10.3. The molecule has 0 amide bonds. The number of rotatable bonds is 4.